The number of esters is 1. The molecule has 0 saturated carbocycles. The van der Waals surface area contributed by atoms with Gasteiger partial charge < -0.3 is 4.74 Å². The summed E-state index contributed by atoms with van der Waals surface area (Å²) in [5.74, 6) is -0.341. The molecule has 0 saturated heterocycles. The number of hydrogen-bond acceptors (Lipinski definition) is 4. The van der Waals surface area contributed by atoms with Crippen molar-refractivity contribution in [3.8, 4) is 6.07 Å². The molecule has 1 heterocycles. The van der Waals surface area contributed by atoms with Crippen molar-refractivity contribution in [2.75, 3.05) is 6.61 Å². The molecule has 1 aromatic heterocycles. The Labute approximate surface area is 96.0 Å². The third kappa shape index (κ3) is 3.33. The van der Waals surface area contributed by atoms with Crippen LogP contribution in [-0.2, 0) is 16.0 Å². The van der Waals surface area contributed by atoms with Crippen LogP contribution in [0.25, 0.3) is 0 Å². The van der Waals surface area contributed by atoms with Crippen molar-refractivity contribution in [3.63, 3.8) is 0 Å². The van der Waals surface area contributed by atoms with Crippen LogP contribution in [0.15, 0.2) is 16.9 Å². The van der Waals surface area contributed by atoms with E-state index in [2.05, 4.69) is 20.9 Å². The Hall–Kier alpha value is -1.41. The molecule has 5 heteroatoms. The quantitative estimate of drug-likeness (QED) is 0.620. The number of pyridine rings is 1. The summed E-state index contributed by atoms with van der Waals surface area (Å²) in [5.41, 5.74) is 1.02. The summed E-state index contributed by atoms with van der Waals surface area (Å²) in [6.07, 6.45) is 1.52. The smallest absolute Gasteiger partial charge is 0.310 e. The largest absolute Gasteiger partial charge is 0.466 e. The number of ether oxygens (including phenoxy) is 1. The van der Waals surface area contributed by atoms with E-state index in [0.29, 0.717) is 22.3 Å². The first-order valence-electron chi connectivity index (χ1n) is 4.37. The number of nitriles is 1. The molecule has 0 radical (unpaired) electrons. The van der Waals surface area contributed by atoms with Crippen LogP contribution in [0.4, 0.5) is 0 Å². The van der Waals surface area contributed by atoms with Gasteiger partial charge in [0, 0.05) is 6.20 Å². The molecule has 0 amide bonds. The van der Waals surface area contributed by atoms with Crippen molar-refractivity contribution in [1.82, 2.24) is 4.98 Å². The van der Waals surface area contributed by atoms with E-state index in [1.165, 1.54) is 6.20 Å². The molecule has 0 aliphatic rings. The Kier molecular flexibility index (Phi) is 4.25. The maximum Gasteiger partial charge on any atom is 0.310 e. The second-order valence-corrected chi connectivity index (χ2v) is 3.57. The van der Waals surface area contributed by atoms with Crippen molar-refractivity contribution in [3.05, 3.63) is 28.0 Å². The monoisotopic (exact) mass is 268 g/mol. The lowest BCUT2D eigenvalue weighted by atomic mass is 10.1. The van der Waals surface area contributed by atoms with Gasteiger partial charge in [-0.3, -0.25) is 4.79 Å². The van der Waals surface area contributed by atoms with Gasteiger partial charge in [-0.25, -0.2) is 4.98 Å². The normalized spacial score (nSPS) is 9.40. The summed E-state index contributed by atoms with van der Waals surface area (Å²) in [5, 5.41) is 8.79. The Bertz CT molecular complexity index is 412. The van der Waals surface area contributed by atoms with E-state index in [9.17, 15) is 4.79 Å². The second-order valence-electron chi connectivity index (χ2n) is 2.76. The number of halogens is 1. The standard InChI is InChI=1S/C10H9BrN2O2/c1-2-15-10(14)4-7-3-9(11)13-6-8(7)5-12/h3,6H,2,4H2,1H3. The molecule has 0 spiro atoms. The van der Waals surface area contributed by atoms with Gasteiger partial charge >= 0.3 is 5.97 Å². The molecule has 0 aliphatic carbocycles. The molecule has 0 aromatic carbocycles. The predicted octanol–water partition coefficient (Wildman–Crippen LogP) is 1.82. The molecular formula is C10H9BrN2O2. The summed E-state index contributed by atoms with van der Waals surface area (Å²) in [4.78, 5) is 15.1. The van der Waals surface area contributed by atoms with E-state index in [1.807, 2.05) is 6.07 Å². The van der Waals surface area contributed by atoms with Gasteiger partial charge in [-0.15, -0.1) is 0 Å². The average molecular weight is 269 g/mol. The van der Waals surface area contributed by atoms with Gasteiger partial charge in [0.15, 0.2) is 0 Å². The SMILES string of the molecule is CCOC(=O)Cc1cc(Br)ncc1C#N. The van der Waals surface area contributed by atoms with Gasteiger partial charge in [-0.05, 0) is 34.5 Å². The number of nitrogens with zero attached hydrogens (tertiary/aromatic N) is 2. The van der Waals surface area contributed by atoms with Crippen LogP contribution in [0.5, 0.6) is 0 Å². The van der Waals surface area contributed by atoms with Crippen molar-refractivity contribution in [2.45, 2.75) is 13.3 Å². The van der Waals surface area contributed by atoms with E-state index in [1.54, 1.807) is 13.0 Å². The summed E-state index contributed by atoms with van der Waals surface area (Å²) in [6.45, 7) is 2.08. The van der Waals surface area contributed by atoms with E-state index >= 15 is 0 Å². The van der Waals surface area contributed by atoms with Crippen LogP contribution in [0, 0.1) is 11.3 Å². The highest BCUT2D eigenvalue weighted by Gasteiger charge is 2.09. The Morgan fingerprint density at radius 1 is 1.73 bits per heavy atom. The first-order chi connectivity index (χ1) is 7.17. The molecule has 0 bridgehead atoms. The summed E-state index contributed by atoms with van der Waals surface area (Å²) < 4.78 is 5.40. The zero-order chi connectivity index (χ0) is 11.3. The molecular weight excluding hydrogens is 260 g/mol. The summed E-state index contributed by atoms with van der Waals surface area (Å²) >= 11 is 3.18. The topological polar surface area (TPSA) is 63.0 Å². The fourth-order valence-electron chi connectivity index (χ4n) is 1.08. The Balaban J connectivity index is 2.88. The maximum atomic E-state index is 11.2. The molecule has 1 aromatic rings. The molecule has 0 unspecified atom stereocenters. The molecule has 4 nitrogen and oxygen atoms in total. The van der Waals surface area contributed by atoms with Crippen molar-refractivity contribution in [1.29, 1.82) is 5.26 Å². The predicted molar refractivity (Wildman–Crippen MR) is 57.0 cm³/mol. The van der Waals surface area contributed by atoms with Crippen molar-refractivity contribution in [2.24, 2.45) is 0 Å². The van der Waals surface area contributed by atoms with Crippen LogP contribution in [0.2, 0.25) is 0 Å². The maximum absolute atomic E-state index is 11.2. The lowest BCUT2D eigenvalue weighted by Crippen LogP contribution is -2.09. The van der Waals surface area contributed by atoms with E-state index in [0.717, 1.165) is 0 Å². The van der Waals surface area contributed by atoms with Crippen LogP contribution in [-0.4, -0.2) is 17.6 Å². The fraction of sp³-hybridized carbons (Fsp3) is 0.300. The number of rotatable bonds is 3. The highest BCUT2D eigenvalue weighted by molar-refractivity contribution is 9.10. The minimum absolute atomic E-state index is 0.0951. The second kappa shape index (κ2) is 5.47. The number of carbonyl (C=O) groups excluding carboxylic acids is 1. The molecule has 15 heavy (non-hydrogen) atoms. The summed E-state index contributed by atoms with van der Waals surface area (Å²) in [6, 6.07) is 3.63. The number of hydrogen-bond donors (Lipinski definition) is 0. The first-order valence-corrected chi connectivity index (χ1v) is 5.16. The number of carbonyl (C=O) groups is 1. The molecule has 78 valence electrons. The van der Waals surface area contributed by atoms with E-state index in [4.69, 9.17) is 10.00 Å². The van der Waals surface area contributed by atoms with Gasteiger partial charge in [0.1, 0.15) is 10.7 Å². The Morgan fingerprint density at radius 2 is 2.47 bits per heavy atom. The fourth-order valence-corrected chi connectivity index (χ4v) is 1.46. The Morgan fingerprint density at radius 3 is 3.07 bits per heavy atom. The third-order valence-corrected chi connectivity index (χ3v) is 2.15. The van der Waals surface area contributed by atoms with Gasteiger partial charge in [-0.1, -0.05) is 0 Å². The third-order valence-electron chi connectivity index (χ3n) is 1.72. The van der Waals surface area contributed by atoms with Crippen molar-refractivity contribution >= 4 is 21.9 Å². The first kappa shape index (κ1) is 11.7. The zero-order valence-electron chi connectivity index (χ0n) is 8.16. The van der Waals surface area contributed by atoms with Crippen molar-refractivity contribution < 1.29 is 9.53 Å². The highest BCUT2D eigenvalue weighted by Crippen LogP contribution is 2.14. The van der Waals surface area contributed by atoms with Crippen LogP contribution < -0.4 is 0 Å². The van der Waals surface area contributed by atoms with E-state index < -0.39 is 0 Å². The molecule has 0 fully saturated rings. The van der Waals surface area contributed by atoms with Gasteiger partial charge in [0.25, 0.3) is 0 Å². The zero-order valence-corrected chi connectivity index (χ0v) is 9.74. The molecule has 1 rings (SSSR count). The van der Waals surface area contributed by atoms with Crippen LogP contribution >= 0.6 is 15.9 Å². The minimum Gasteiger partial charge on any atom is -0.466 e. The average Bonchev–Trinajstić information content (AvgIpc) is 2.18. The van der Waals surface area contributed by atoms with Gasteiger partial charge in [0.05, 0.1) is 18.6 Å². The molecule has 0 atom stereocenters. The lowest BCUT2D eigenvalue weighted by molar-refractivity contribution is -0.142. The van der Waals surface area contributed by atoms with Gasteiger partial charge in [-0.2, -0.15) is 5.26 Å². The van der Waals surface area contributed by atoms with Crippen LogP contribution in [0.1, 0.15) is 18.1 Å². The summed E-state index contributed by atoms with van der Waals surface area (Å²) in [7, 11) is 0. The minimum atomic E-state index is -0.341. The lowest BCUT2D eigenvalue weighted by Gasteiger charge is -2.03. The number of aromatic nitrogens is 1. The van der Waals surface area contributed by atoms with Crippen LogP contribution in [0.3, 0.4) is 0 Å². The molecule has 0 aliphatic heterocycles. The van der Waals surface area contributed by atoms with Gasteiger partial charge in [0.2, 0.25) is 0 Å². The molecule has 0 N–H and O–H groups in total. The van der Waals surface area contributed by atoms with E-state index in [-0.39, 0.29) is 12.4 Å². The highest BCUT2D eigenvalue weighted by atomic mass is 79.9.